The molecule has 0 atom stereocenters. The summed E-state index contributed by atoms with van der Waals surface area (Å²) in [5, 5.41) is 16.7. The number of hydrogen-bond acceptors (Lipinski definition) is 6. The molecule has 6 nitrogen and oxygen atoms in total. The Labute approximate surface area is 112 Å². The topological polar surface area (TPSA) is 100 Å². The Morgan fingerprint density at radius 1 is 1.05 bits per heavy atom. The predicted molar refractivity (Wildman–Crippen MR) is 65.4 cm³/mol. The van der Waals surface area contributed by atoms with Gasteiger partial charge < -0.3 is 9.47 Å². The van der Waals surface area contributed by atoms with E-state index in [1.807, 2.05) is 19.1 Å². The highest BCUT2D eigenvalue weighted by molar-refractivity contribution is 5.94. The van der Waals surface area contributed by atoms with Gasteiger partial charge in [-0.3, -0.25) is 9.59 Å². The normalized spacial score (nSPS) is 9.47. The van der Waals surface area contributed by atoms with E-state index in [0.29, 0.717) is 12.8 Å². The van der Waals surface area contributed by atoms with Crippen molar-refractivity contribution in [3.8, 4) is 12.1 Å². The van der Waals surface area contributed by atoms with Crippen LogP contribution >= 0.6 is 0 Å². The smallest absolute Gasteiger partial charge is 0.320 e. The zero-order valence-corrected chi connectivity index (χ0v) is 11.1. The van der Waals surface area contributed by atoms with Crippen molar-refractivity contribution in [1.29, 1.82) is 10.5 Å². The standard InChI is InChI=1S/C13H18N2O4/c1-2-3-6-11(12(16)18-9-4-7-14)13(17)19-10-5-8-15/h11H,2-6,9-10H2,1H3. The number of ether oxygens (including phenoxy) is 2. The number of nitriles is 2. The number of nitrogens with zero attached hydrogens (tertiary/aromatic N) is 2. The molecule has 0 saturated heterocycles. The Morgan fingerprint density at radius 3 is 1.89 bits per heavy atom. The van der Waals surface area contributed by atoms with Crippen molar-refractivity contribution in [1.82, 2.24) is 0 Å². The molecule has 0 spiro atoms. The van der Waals surface area contributed by atoms with E-state index in [0.717, 1.165) is 6.42 Å². The molecule has 104 valence electrons. The Bertz CT molecular complexity index is 336. The van der Waals surface area contributed by atoms with Gasteiger partial charge in [-0.15, -0.1) is 0 Å². The minimum Gasteiger partial charge on any atom is -0.464 e. The van der Waals surface area contributed by atoms with Crippen molar-refractivity contribution in [3.63, 3.8) is 0 Å². The summed E-state index contributed by atoms with van der Waals surface area (Å²) in [6.45, 7) is 1.89. The van der Waals surface area contributed by atoms with Gasteiger partial charge >= 0.3 is 11.9 Å². The van der Waals surface area contributed by atoms with Crippen molar-refractivity contribution in [2.45, 2.75) is 39.0 Å². The predicted octanol–water partition coefficient (Wildman–Crippen LogP) is 1.71. The molecule has 0 fully saturated rings. The maximum atomic E-state index is 11.7. The zero-order chi connectivity index (χ0) is 14.5. The van der Waals surface area contributed by atoms with Gasteiger partial charge in [-0.05, 0) is 6.42 Å². The molecule has 0 aliphatic rings. The molecule has 0 heterocycles. The van der Waals surface area contributed by atoms with Crippen molar-refractivity contribution in [2.75, 3.05) is 13.2 Å². The Balaban J connectivity index is 4.35. The largest absolute Gasteiger partial charge is 0.464 e. The van der Waals surface area contributed by atoms with Crippen LogP contribution in [0.4, 0.5) is 0 Å². The third-order valence-corrected chi connectivity index (χ3v) is 2.33. The summed E-state index contributed by atoms with van der Waals surface area (Å²) in [6.07, 6.45) is 2.08. The van der Waals surface area contributed by atoms with Crippen LogP contribution in [0, 0.1) is 28.6 Å². The monoisotopic (exact) mass is 266 g/mol. The third-order valence-electron chi connectivity index (χ3n) is 2.33. The van der Waals surface area contributed by atoms with Crippen molar-refractivity contribution in [3.05, 3.63) is 0 Å². The first-order valence-electron chi connectivity index (χ1n) is 6.24. The van der Waals surface area contributed by atoms with E-state index >= 15 is 0 Å². The summed E-state index contributed by atoms with van der Waals surface area (Å²) in [5.74, 6) is -2.28. The zero-order valence-electron chi connectivity index (χ0n) is 11.1. The summed E-state index contributed by atoms with van der Waals surface area (Å²) >= 11 is 0. The first-order chi connectivity index (χ1) is 9.17. The molecule has 0 aromatic rings. The molecule has 0 aromatic heterocycles. The Hall–Kier alpha value is -2.08. The first kappa shape index (κ1) is 16.9. The summed E-state index contributed by atoms with van der Waals surface area (Å²) in [6, 6.07) is 3.69. The molecule has 0 aromatic carbocycles. The lowest BCUT2D eigenvalue weighted by Crippen LogP contribution is -2.28. The summed E-state index contributed by atoms with van der Waals surface area (Å²) in [4.78, 5) is 23.4. The van der Waals surface area contributed by atoms with E-state index in [1.165, 1.54) is 0 Å². The van der Waals surface area contributed by atoms with Crippen LogP contribution in [0.3, 0.4) is 0 Å². The van der Waals surface area contributed by atoms with Gasteiger partial charge in [-0.25, -0.2) is 0 Å². The second-order valence-corrected chi connectivity index (χ2v) is 3.85. The van der Waals surface area contributed by atoms with E-state index in [-0.39, 0.29) is 26.1 Å². The number of rotatable bonds is 9. The molecule has 0 saturated carbocycles. The van der Waals surface area contributed by atoms with Gasteiger partial charge in [-0.2, -0.15) is 10.5 Å². The van der Waals surface area contributed by atoms with Gasteiger partial charge in [0.25, 0.3) is 0 Å². The molecule has 0 unspecified atom stereocenters. The van der Waals surface area contributed by atoms with Gasteiger partial charge in [0, 0.05) is 0 Å². The fourth-order valence-corrected chi connectivity index (χ4v) is 1.34. The second-order valence-electron chi connectivity index (χ2n) is 3.85. The molecular weight excluding hydrogens is 248 g/mol. The SMILES string of the molecule is CCCCC(C(=O)OCCC#N)C(=O)OCCC#N. The number of unbranched alkanes of at least 4 members (excludes halogenated alkanes) is 1. The van der Waals surface area contributed by atoms with Gasteiger partial charge in [0.05, 0.1) is 25.0 Å². The molecule has 0 rings (SSSR count). The lowest BCUT2D eigenvalue weighted by molar-refractivity contribution is -0.162. The van der Waals surface area contributed by atoms with Gasteiger partial charge in [0.2, 0.25) is 0 Å². The quantitative estimate of drug-likeness (QED) is 0.358. The number of hydrogen-bond donors (Lipinski definition) is 0. The molecule has 0 N–H and O–H groups in total. The molecule has 0 amide bonds. The van der Waals surface area contributed by atoms with Crippen LogP contribution in [0.1, 0.15) is 39.0 Å². The fourth-order valence-electron chi connectivity index (χ4n) is 1.34. The fraction of sp³-hybridized carbons (Fsp3) is 0.692. The second kappa shape index (κ2) is 11.0. The first-order valence-corrected chi connectivity index (χ1v) is 6.24. The summed E-state index contributed by atoms with van der Waals surface area (Å²) < 4.78 is 9.68. The Kier molecular flexibility index (Phi) is 9.83. The minimum absolute atomic E-state index is 0.0244. The average molecular weight is 266 g/mol. The average Bonchev–Trinajstić information content (AvgIpc) is 2.40. The number of carbonyl (C=O) groups excluding carboxylic acids is 2. The molecule has 0 aliphatic heterocycles. The third kappa shape index (κ3) is 7.77. The highest BCUT2D eigenvalue weighted by atomic mass is 16.6. The molecule has 0 aliphatic carbocycles. The molecule has 0 bridgehead atoms. The maximum Gasteiger partial charge on any atom is 0.320 e. The van der Waals surface area contributed by atoms with Gasteiger partial charge in [0.15, 0.2) is 5.92 Å². The van der Waals surface area contributed by atoms with Crippen LogP contribution < -0.4 is 0 Å². The minimum atomic E-state index is -0.961. The van der Waals surface area contributed by atoms with Crippen molar-refractivity contribution < 1.29 is 19.1 Å². The molecular formula is C13H18N2O4. The van der Waals surface area contributed by atoms with E-state index in [9.17, 15) is 9.59 Å². The van der Waals surface area contributed by atoms with Crippen LogP contribution in [0.5, 0.6) is 0 Å². The van der Waals surface area contributed by atoms with E-state index in [2.05, 4.69) is 0 Å². The van der Waals surface area contributed by atoms with Crippen LogP contribution in [0.25, 0.3) is 0 Å². The lowest BCUT2D eigenvalue weighted by Gasteiger charge is -2.14. The molecule has 6 heteroatoms. The van der Waals surface area contributed by atoms with E-state index in [4.69, 9.17) is 20.0 Å². The number of esters is 2. The highest BCUT2D eigenvalue weighted by Gasteiger charge is 2.29. The summed E-state index contributed by atoms with van der Waals surface area (Å²) in [5.41, 5.74) is 0. The van der Waals surface area contributed by atoms with Crippen LogP contribution in [0.2, 0.25) is 0 Å². The van der Waals surface area contributed by atoms with Gasteiger partial charge in [0.1, 0.15) is 13.2 Å². The van der Waals surface area contributed by atoms with Crippen molar-refractivity contribution in [2.24, 2.45) is 5.92 Å². The van der Waals surface area contributed by atoms with Gasteiger partial charge in [-0.1, -0.05) is 19.8 Å². The highest BCUT2D eigenvalue weighted by Crippen LogP contribution is 2.13. The molecule has 0 radical (unpaired) electrons. The van der Waals surface area contributed by atoms with Crippen LogP contribution in [-0.4, -0.2) is 25.2 Å². The van der Waals surface area contributed by atoms with Crippen molar-refractivity contribution >= 4 is 11.9 Å². The molecule has 19 heavy (non-hydrogen) atoms. The number of carbonyl (C=O) groups is 2. The summed E-state index contributed by atoms with van der Waals surface area (Å²) in [7, 11) is 0. The van der Waals surface area contributed by atoms with E-state index < -0.39 is 17.9 Å². The van der Waals surface area contributed by atoms with Crippen LogP contribution in [-0.2, 0) is 19.1 Å². The van der Waals surface area contributed by atoms with E-state index in [1.54, 1.807) is 0 Å². The lowest BCUT2D eigenvalue weighted by atomic mass is 10.0. The Morgan fingerprint density at radius 2 is 1.53 bits per heavy atom. The van der Waals surface area contributed by atoms with Crippen LogP contribution in [0.15, 0.2) is 0 Å². The maximum absolute atomic E-state index is 11.7.